The first kappa shape index (κ1) is 17.4. The molecule has 0 N–H and O–H groups in total. The first-order valence-electron chi connectivity index (χ1n) is 8.82. The van der Waals surface area contributed by atoms with Crippen molar-refractivity contribution >= 4 is 23.2 Å². The predicted molar refractivity (Wildman–Crippen MR) is 105 cm³/mol. The summed E-state index contributed by atoms with van der Waals surface area (Å²) in [6.07, 6.45) is 4.90. The molecule has 3 heteroatoms. The maximum Gasteiger partial charge on any atom is 0.134 e. The van der Waals surface area contributed by atoms with Gasteiger partial charge in [0.2, 0.25) is 0 Å². The Morgan fingerprint density at radius 2 is 1.88 bits per heavy atom. The minimum atomic E-state index is -0.231. The molecular formula is C22H25FN2. The summed E-state index contributed by atoms with van der Waals surface area (Å²) in [5.41, 5.74) is 4.47. The lowest BCUT2D eigenvalue weighted by Gasteiger charge is -2.43. The van der Waals surface area contributed by atoms with Crippen molar-refractivity contribution < 1.29 is 4.39 Å². The second-order valence-corrected chi connectivity index (χ2v) is 7.12. The van der Waals surface area contributed by atoms with Crippen LogP contribution in [0.4, 0.5) is 15.8 Å². The highest BCUT2D eigenvalue weighted by Crippen LogP contribution is 2.40. The highest BCUT2D eigenvalue weighted by atomic mass is 19.1. The fraction of sp³-hybridized carbons (Fsp3) is 0.318. The maximum atomic E-state index is 14.7. The molecule has 25 heavy (non-hydrogen) atoms. The maximum absolute atomic E-state index is 14.7. The molecule has 0 fully saturated rings. The minimum absolute atomic E-state index is 0.112. The number of benzene rings is 2. The first-order chi connectivity index (χ1) is 11.9. The lowest BCUT2D eigenvalue weighted by atomic mass is 9.87. The van der Waals surface area contributed by atoms with Gasteiger partial charge in [-0.15, -0.1) is 0 Å². The molecule has 1 aliphatic heterocycles. The van der Waals surface area contributed by atoms with Crippen LogP contribution in [-0.2, 0) is 0 Å². The van der Waals surface area contributed by atoms with E-state index in [-0.39, 0.29) is 11.4 Å². The molecule has 2 aromatic carbocycles. The number of nitrogens with zero attached hydrogens (tertiary/aromatic N) is 2. The number of anilines is 1. The van der Waals surface area contributed by atoms with Gasteiger partial charge in [-0.1, -0.05) is 31.2 Å². The number of aliphatic imine (C=N–C) groups is 1. The van der Waals surface area contributed by atoms with E-state index >= 15 is 0 Å². The lowest BCUT2D eigenvalue weighted by molar-refractivity contribution is 0.546. The second-order valence-electron chi connectivity index (χ2n) is 7.12. The third-order valence-electron chi connectivity index (χ3n) is 4.65. The third-order valence-corrected chi connectivity index (χ3v) is 4.65. The van der Waals surface area contributed by atoms with E-state index in [1.165, 1.54) is 5.57 Å². The van der Waals surface area contributed by atoms with E-state index < -0.39 is 0 Å². The Kier molecular flexibility index (Phi) is 4.76. The van der Waals surface area contributed by atoms with Crippen LogP contribution in [0.15, 0.2) is 53.5 Å². The molecule has 0 saturated heterocycles. The molecular weight excluding hydrogens is 311 g/mol. The number of hydrogen-bond donors (Lipinski definition) is 0. The lowest BCUT2D eigenvalue weighted by Crippen LogP contribution is -2.45. The molecule has 3 rings (SSSR count). The number of para-hydroxylation sites is 1. The molecule has 0 unspecified atom stereocenters. The second kappa shape index (κ2) is 6.83. The van der Waals surface area contributed by atoms with Crippen molar-refractivity contribution in [2.45, 2.75) is 39.7 Å². The highest BCUT2D eigenvalue weighted by molar-refractivity contribution is 5.89. The Hall–Kier alpha value is -2.42. The molecule has 0 atom stereocenters. The van der Waals surface area contributed by atoms with Gasteiger partial charge in [-0.3, -0.25) is 4.99 Å². The van der Waals surface area contributed by atoms with Crippen LogP contribution < -0.4 is 4.90 Å². The minimum Gasteiger partial charge on any atom is -0.362 e. The Balaban J connectivity index is 2.03. The van der Waals surface area contributed by atoms with Crippen LogP contribution in [-0.4, -0.2) is 18.3 Å². The molecule has 1 heterocycles. The van der Waals surface area contributed by atoms with Gasteiger partial charge in [0.05, 0.1) is 11.2 Å². The number of rotatable bonds is 4. The van der Waals surface area contributed by atoms with Gasteiger partial charge in [-0.2, -0.15) is 0 Å². The Labute approximate surface area is 149 Å². The van der Waals surface area contributed by atoms with Gasteiger partial charge >= 0.3 is 0 Å². The molecule has 1 aliphatic rings. The average molecular weight is 336 g/mol. The molecule has 130 valence electrons. The molecule has 0 radical (unpaired) electrons. The normalized spacial score (nSPS) is 16.0. The molecule has 2 aromatic rings. The summed E-state index contributed by atoms with van der Waals surface area (Å²) in [5.74, 6) is -0.231. The zero-order chi connectivity index (χ0) is 18.0. The molecule has 0 amide bonds. The summed E-state index contributed by atoms with van der Waals surface area (Å²) in [5, 5.41) is 0. The van der Waals surface area contributed by atoms with Crippen molar-refractivity contribution in [1.29, 1.82) is 0 Å². The first-order valence-corrected chi connectivity index (χ1v) is 8.82. The zero-order valence-electron chi connectivity index (χ0n) is 15.4. The van der Waals surface area contributed by atoms with Gasteiger partial charge in [-0.25, -0.2) is 4.39 Å². The Morgan fingerprint density at radius 1 is 1.16 bits per heavy atom. The highest BCUT2D eigenvalue weighted by Gasteiger charge is 2.31. The fourth-order valence-corrected chi connectivity index (χ4v) is 3.50. The van der Waals surface area contributed by atoms with Crippen molar-refractivity contribution in [3.05, 3.63) is 65.5 Å². The van der Waals surface area contributed by atoms with Gasteiger partial charge in [-0.05, 0) is 57.0 Å². The number of hydrogen-bond acceptors (Lipinski definition) is 2. The molecule has 0 saturated carbocycles. The van der Waals surface area contributed by atoms with Gasteiger partial charge in [0.25, 0.3) is 0 Å². The van der Waals surface area contributed by atoms with Gasteiger partial charge in [0.15, 0.2) is 0 Å². The van der Waals surface area contributed by atoms with E-state index in [4.69, 9.17) is 0 Å². The van der Waals surface area contributed by atoms with Crippen LogP contribution in [0, 0.1) is 5.82 Å². The predicted octanol–water partition coefficient (Wildman–Crippen LogP) is 5.99. The van der Waals surface area contributed by atoms with Crippen molar-refractivity contribution in [3.63, 3.8) is 0 Å². The Bertz CT molecular complexity index is 819. The van der Waals surface area contributed by atoms with Crippen LogP contribution in [0.5, 0.6) is 0 Å². The zero-order valence-corrected chi connectivity index (χ0v) is 15.4. The van der Waals surface area contributed by atoms with Gasteiger partial charge < -0.3 is 4.90 Å². The van der Waals surface area contributed by atoms with Crippen LogP contribution in [0.3, 0.4) is 0 Å². The average Bonchev–Trinajstić information content (AvgIpc) is 2.57. The summed E-state index contributed by atoms with van der Waals surface area (Å²) in [4.78, 5) is 6.69. The summed E-state index contributed by atoms with van der Waals surface area (Å²) in [6.45, 7) is 9.51. The van der Waals surface area contributed by atoms with Crippen molar-refractivity contribution in [2.24, 2.45) is 4.99 Å². The SMILES string of the molecule is CCCN1c2cc(F)c(C=Nc3ccccc3)cc2C(C)=CC1(C)C. The number of allylic oxidation sites excluding steroid dienone is 1. The summed E-state index contributed by atoms with van der Waals surface area (Å²) in [6, 6.07) is 13.2. The molecule has 0 aliphatic carbocycles. The van der Waals surface area contributed by atoms with E-state index in [2.05, 4.69) is 43.7 Å². The van der Waals surface area contributed by atoms with E-state index in [1.54, 1.807) is 12.3 Å². The van der Waals surface area contributed by atoms with E-state index in [9.17, 15) is 4.39 Å². The van der Waals surface area contributed by atoms with E-state index in [0.717, 1.165) is 29.9 Å². The van der Waals surface area contributed by atoms with Crippen LogP contribution in [0.2, 0.25) is 0 Å². The summed E-state index contributed by atoms with van der Waals surface area (Å²) >= 11 is 0. The van der Waals surface area contributed by atoms with Crippen LogP contribution in [0.25, 0.3) is 5.57 Å². The molecule has 0 bridgehead atoms. The van der Waals surface area contributed by atoms with Crippen molar-refractivity contribution in [2.75, 3.05) is 11.4 Å². The molecule has 0 aromatic heterocycles. The largest absolute Gasteiger partial charge is 0.362 e. The summed E-state index contributed by atoms with van der Waals surface area (Å²) in [7, 11) is 0. The Morgan fingerprint density at radius 3 is 2.56 bits per heavy atom. The van der Waals surface area contributed by atoms with E-state index in [0.29, 0.717) is 5.56 Å². The number of fused-ring (bicyclic) bond motifs is 1. The molecule has 0 spiro atoms. The van der Waals surface area contributed by atoms with Gasteiger partial charge in [0, 0.05) is 29.6 Å². The van der Waals surface area contributed by atoms with Crippen molar-refractivity contribution in [3.8, 4) is 0 Å². The number of halogens is 1. The molecule has 2 nitrogen and oxygen atoms in total. The van der Waals surface area contributed by atoms with Crippen LogP contribution in [0.1, 0.15) is 45.2 Å². The monoisotopic (exact) mass is 336 g/mol. The van der Waals surface area contributed by atoms with E-state index in [1.807, 2.05) is 36.4 Å². The van der Waals surface area contributed by atoms with Crippen molar-refractivity contribution in [1.82, 2.24) is 0 Å². The van der Waals surface area contributed by atoms with Crippen LogP contribution >= 0.6 is 0 Å². The standard InChI is InChI=1S/C22H25FN2/c1-5-11-25-21-13-20(23)17(15-24-18-9-7-6-8-10-18)12-19(21)16(2)14-22(25,3)4/h6-10,12-15H,5,11H2,1-4H3. The topological polar surface area (TPSA) is 15.6 Å². The van der Waals surface area contributed by atoms with Gasteiger partial charge in [0.1, 0.15) is 5.82 Å². The summed E-state index contributed by atoms with van der Waals surface area (Å²) < 4.78 is 14.7. The quantitative estimate of drug-likeness (QED) is 0.626. The third kappa shape index (κ3) is 3.51. The smallest absolute Gasteiger partial charge is 0.134 e. The fourth-order valence-electron chi connectivity index (χ4n) is 3.50.